The van der Waals surface area contributed by atoms with Gasteiger partial charge in [-0.2, -0.15) is 0 Å². The van der Waals surface area contributed by atoms with Gasteiger partial charge in [0.05, 0.1) is 5.41 Å². The molecule has 0 atom stereocenters. The first-order valence-corrected chi connectivity index (χ1v) is 5.65. The van der Waals surface area contributed by atoms with Gasteiger partial charge < -0.3 is 5.11 Å². The average molecular weight is 240 g/mol. The number of halogens is 2. The van der Waals surface area contributed by atoms with Gasteiger partial charge in [0.15, 0.2) is 0 Å². The highest BCUT2D eigenvalue weighted by molar-refractivity contribution is 5.82. The highest BCUT2D eigenvalue weighted by Gasteiger charge is 2.45. The average Bonchev–Trinajstić information content (AvgIpc) is 2.14. The first-order valence-electron chi connectivity index (χ1n) is 5.65. The maximum absolute atomic E-state index is 12.3. The van der Waals surface area contributed by atoms with Gasteiger partial charge in [0, 0.05) is 6.42 Å². The smallest absolute Gasteiger partial charge is 0.314 e. The van der Waals surface area contributed by atoms with Gasteiger partial charge in [-0.3, -0.25) is 4.79 Å². The molecule has 17 heavy (non-hydrogen) atoms. The van der Waals surface area contributed by atoms with Crippen molar-refractivity contribution in [3.63, 3.8) is 0 Å². The van der Waals surface area contributed by atoms with Crippen molar-refractivity contribution in [3.8, 4) is 0 Å². The Kier molecular flexibility index (Phi) is 3.13. The van der Waals surface area contributed by atoms with Crippen molar-refractivity contribution < 1.29 is 18.7 Å². The number of alkyl halides is 2. The Morgan fingerprint density at radius 3 is 2.59 bits per heavy atom. The lowest BCUT2D eigenvalue weighted by Gasteiger charge is -2.38. The van der Waals surface area contributed by atoms with Crippen LogP contribution in [0, 0.1) is 0 Å². The molecule has 92 valence electrons. The molecule has 1 aliphatic rings. The summed E-state index contributed by atoms with van der Waals surface area (Å²) in [4.78, 5) is 11.3. The third kappa shape index (κ3) is 2.16. The van der Waals surface area contributed by atoms with Crippen LogP contribution in [0.25, 0.3) is 0 Å². The quantitative estimate of drug-likeness (QED) is 0.878. The van der Waals surface area contributed by atoms with Crippen molar-refractivity contribution in [2.24, 2.45) is 0 Å². The highest BCUT2D eigenvalue weighted by atomic mass is 19.3. The number of carboxylic acid groups (broad SMARTS) is 1. The van der Waals surface area contributed by atoms with E-state index in [2.05, 4.69) is 0 Å². The van der Waals surface area contributed by atoms with Gasteiger partial charge in [0.1, 0.15) is 0 Å². The zero-order valence-corrected chi connectivity index (χ0v) is 9.33. The number of hydrogen-bond acceptors (Lipinski definition) is 1. The maximum Gasteiger partial charge on any atom is 0.314 e. The standard InChI is InChI=1S/C13H14F2O2/c14-11(15)8-9-3-1-4-10(7-9)13(12(16)17)5-2-6-13/h1,3-4,7,11H,2,5-6,8H2,(H,16,17). The van der Waals surface area contributed by atoms with Gasteiger partial charge in [-0.1, -0.05) is 30.7 Å². The van der Waals surface area contributed by atoms with E-state index in [1.54, 1.807) is 24.3 Å². The van der Waals surface area contributed by atoms with E-state index in [9.17, 15) is 18.7 Å². The van der Waals surface area contributed by atoms with E-state index >= 15 is 0 Å². The number of aliphatic carboxylic acids is 1. The molecule has 0 aromatic heterocycles. The van der Waals surface area contributed by atoms with Crippen LogP contribution in [-0.2, 0) is 16.6 Å². The van der Waals surface area contributed by atoms with Gasteiger partial charge in [-0.25, -0.2) is 8.78 Å². The molecule has 1 saturated carbocycles. The lowest BCUT2D eigenvalue weighted by Crippen LogP contribution is -2.42. The van der Waals surface area contributed by atoms with E-state index in [0.29, 0.717) is 24.0 Å². The molecular weight excluding hydrogens is 226 g/mol. The van der Waals surface area contributed by atoms with Crippen molar-refractivity contribution in [2.45, 2.75) is 37.5 Å². The molecule has 1 aromatic carbocycles. The predicted octanol–water partition coefficient (Wildman–Crippen LogP) is 3.00. The fourth-order valence-corrected chi connectivity index (χ4v) is 2.33. The molecule has 1 N–H and O–H groups in total. The second kappa shape index (κ2) is 4.43. The molecule has 0 heterocycles. The molecule has 0 spiro atoms. The number of hydrogen-bond donors (Lipinski definition) is 1. The Morgan fingerprint density at radius 2 is 2.12 bits per heavy atom. The van der Waals surface area contributed by atoms with Crippen LogP contribution < -0.4 is 0 Å². The van der Waals surface area contributed by atoms with Crippen LogP contribution in [0.3, 0.4) is 0 Å². The van der Waals surface area contributed by atoms with Crippen LogP contribution in [0.2, 0.25) is 0 Å². The minimum Gasteiger partial charge on any atom is -0.481 e. The van der Waals surface area contributed by atoms with E-state index in [1.807, 2.05) is 0 Å². The Hall–Kier alpha value is -1.45. The Balaban J connectivity index is 2.29. The molecule has 0 saturated heterocycles. The zero-order valence-electron chi connectivity index (χ0n) is 9.33. The summed E-state index contributed by atoms with van der Waals surface area (Å²) in [7, 11) is 0. The normalized spacial score (nSPS) is 17.8. The number of carbonyl (C=O) groups is 1. The summed E-state index contributed by atoms with van der Waals surface area (Å²) in [5.41, 5.74) is 0.331. The number of benzene rings is 1. The molecule has 0 bridgehead atoms. The third-order valence-corrected chi connectivity index (χ3v) is 3.49. The molecule has 1 fully saturated rings. The second-order valence-corrected chi connectivity index (χ2v) is 4.54. The molecule has 2 nitrogen and oxygen atoms in total. The predicted molar refractivity (Wildman–Crippen MR) is 59.3 cm³/mol. The molecule has 0 unspecified atom stereocenters. The van der Waals surface area contributed by atoms with E-state index in [1.165, 1.54) is 0 Å². The summed E-state index contributed by atoms with van der Waals surface area (Å²) in [6, 6.07) is 6.61. The van der Waals surface area contributed by atoms with Crippen LogP contribution in [0.15, 0.2) is 24.3 Å². The molecule has 1 aromatic rings. The Labute approximate surface area is 98.3 Å². The minimum absolute atomic E-state index is 0.316. The lowest BCUT2D eigenvalue weighted by atomic mass is 9.64. The van der Waals surface area contributed by atoms with Crippen LogP contribution in [0.5, 0.6) is 0 Å². The summed E-state index contributed by atoms with van der Waals surface area (Å²) in [5.74, 6) is -0.849. The fraction of sp³-hybridized carbons (Fsp3) is 0.462. The third-order valence-electron chi connectivity index (χ3n) is 3.49. The van der Waals surface area contributed by atoms with Gasteiger partial charge in [-0.15, -0.1) is 0 Å². The Bertz CT molecular complexity index is 425. The van der Waals surface area contributed by atoms with Crippen LogP contribution >= 0.6 is 0 Å². The molecule has 0 radical (unpaired) electrons. The summed E-state index contributed by atoms with van der Waals surface area (Å²) >= 11 is 0. The summed E-state index contributed by atoms with van der Waals surface area (Å²) in [6.07, 6.45) is -0.636. The zero-order chi connectivity index (χ0) is 12.5. The first kappa shape index (κ1) is 12.0. The monoisotopic (exact) mass is 240 g/mol. The van der Waals surface area contributed by atoms with E-state index in [4.69, 9.17) is 0 Å². The first-order chi connectivity index (χ1) is 8.04. The van der Waals surface area contributed by atoms with Crippen LogP contribution in [0.1, 0.15) is 30.4 Å². The highest BCUT2D eigenvalue weighted by Crippen LogP contribution is 2.44. The van der Waals surface area contributed by atoms with E-state index in [-0.39, 0.29) is 6.42 Å². The molecule has 0 aliphatic heterocycles. The van der Waals surface area contributed by atoms with Gasteiger partial charge >= 0.3 is 5.97 Å². The number of carboxylic acids is 1. The van der Waals surface area contributed by atoms with E-state index < -0.39 is 17.8 Å². The molecular formula is C13H14F2O2. The van der Waals surface area contributed by atoms with Crippen molar-refractivity contribution in [3.05, 3.63) is 35.4 Å². The molecule has 0 amide bonds. The van der Waals surface area contributed by atoms with Crippen molar-refractivity contribution in [1.82, 2.24) is 0 Å². The van der Waals surface area contributed by atoms with Crippen molar-refractivity contribution in [1.29, 1.82) is 0 Å². The fourth-order valence-electron chi connectivity index (χ4n) is 2.33. The minimum atomic E-state index is -2.40. The largest absolute Gasteiger partial charge is 0.481 e. The van der Waals surface area contributed by atoms with Gasteiger partial charge in [-0.05, 0) is 24.0 Å². The molecule has 2 rings (SSSR count). The van der Waals surface area contributed by atoms with Gasteiger partial charge in [0.2, 0.25) is 6.43 Å². The topological polar surface area (TPSA) is 37.3 Å². The van der Waals surface area contributed by atoms with Crippen molar-refractivity contribution >= 4 is 5.97 Å². The lowest BCUT2D eigenvalue weighted by molar-refractivity contribution is -0.147. The summed E-state index contributed by atoms with van der Waals surface area (Å²) in [5, 5.41) is 9.26. The molecule has 4 heteroatoms. The second-order valence-electron chi connectivity index (χ2n) is 4.54. The summed E-state index contributed by atoms with van der Waals surface area (Å²) < 4.78 is 24.6. The Morgan fingerprint density at radius 1 is 1.41 bits per heavy atom. The van der Waals surface area contributed by atoms with Crippen LogP contribution in [-0.4, -0.2) is 17.5 Å². The SMILES string of the molecule is O=C(O)C1(c2cccc(CC(F)F)c2)CCC1. The maximum atomic E-state index is 12.3. The number of rotatable bonds is 4. The molecule has 1 aliphatic carbocycles. The summed E-state index contributed by atoms with van der Waals surface area (Å²) in [6.45, 7) is 0. The van der Waals surface area contributed by atoms with Crippen molar-refractivity contribution in [2.75, 3.05) is 0 Å². The van der Waals surface area contributed by atoms with E-state index in [0.717, 1.165) is 6.42 Å². The van der Waals surface area contributed by atoms with Crippen LogP contribution in [0.4, 0.5) is 8.78 Å². The van der Waals surface area contributed by atoms with Gasteiger partial charge in [0.25, 0.3) is 0 Å².